The van der Waals surface area contributed by atoms with Gasteiger partial charge in [0.1, 0.15) is 5.75 Å². The average Bonchev–Trinajstić information content (AvgIpc) is 2.90. The van der Waals surface area contributed by atoms with Crippen LogP contribution in [-0.4, -0.2) is 25.4 Å². The molecule has 1 saturated carbocycles. The van der Waals surface area contributed by atoms with E-state index < -0.39 is 0 Å². The van der Waals surface area contributed by atoms with E-state index in [1.54, 1.807) is 7.11 Å². The van der Waals surface area contributed by atoms with Crippen molar-refractivity contribution < 1.29 is 9.84 Å². The maximum absolute atomic E-state index is 9.82. The number of aliphatic hydroxyl groups excluding tert-OH is 1. The van der Waals surface area contributed by atoms with Crippen LogP contribution < -0.4 is 10.5 Å². The van der Waals surface area contributed by atoms with Crippen molar-refractivity contribution in [1.82, 2.24) is 0 Å². The standard InChI is InChI=1S/C15H23NO2/c1-18-13-6-4-5-12(9-13)14(10-16)15(11-17)7-2-3-8-15/h4-6,9,14,17H,2-3,7-8,10-11,16H2,1H3/t14-/m1/s1. The molecule has 2 rings (SSSR count). The molecular formula is C15H23NO2. The Labute approximate surface area is 109 Å². The second kappa shape index (κ2) is 5.72. The van der Waals surface area contributed by atoms with Crippen molar-refractivity contribution in [2.24, 2.45) is 11.1 Å². The van der Waals surface area contributed by atoms with Crippen molar-refractivity contribution in [3.63, 3.8) is 0 Å². The van der Waals surface area contributed by atoms with Crippen LogP contribution in [-0.2, 0) is 0 Å². The lowest BCUT2D eigenvalue weighted by atomic mass is 9.71. The summed E-state index contributed by atoms with van der Waals surface area (Å²) in [5, 5.41) is 9.82. The Morgan fingerprint density at radius 1 is 1.39 bits per heavy atom. The van der Waals surface area contributed by atoms with E-state index in [1.165, 1.54) is 18.4 Å². The Morgan fingerprint density at radius 3 is 2.67 bits per heavy atom. The van der Waals surface area contributed by atoms with Gasteiger partial charge in [0.2, 0.25) is 0 Å². The molecular weight excluding hydrogens is 226 g/mol. The quantitative estimate of drug-likeness (QED) is 0.842. The lowest BCUT2D eigenvalue weighted by molar-refractivity contribution is 0.102. The molecule has 0 heterocycles. The van der Waals surface area contributed by atoms with Crippen LogP contribution in [0.4, 0.5) is 0 Å². The number of hydrogen-bond acceptors (Lipinski definition) is 3. The summed E-state index contributed by atoms with van der Waals surface area (Å²) in [4.78, 5) is 0. The number of methoxy groups -OCH3 is 1. The summed E-state index contributed by atoms with van der Waals surface area (Å²) in [5.74, 6) is 1.08. The van der Waals surface area contributed by atoms with E-state index >= 15 is 0 Å². The molecule has 1 fully saturated rings. The van der Waals surface area contributed by atoms with Gasteiger partial charge < -0.3 is 15.6 Å². The predicted molar refractivity (Wildman–Crippen MR) is 72.8 cm³/mol. The van der Waals surface area contributed by atoms with Crippen LogP contribution in [0.15, 0.2) is 24.3 Å². The number of hydrogen-bond donors (Lipinski definition) is 2. The third kappa shape index (κ3) is 2.38. The predicted octanol–water partition coefficient (Wildman–Crippen LogP) is 2.29. The number of rotatable bonds is 5. The average molecular weight is 249 g/mol. The maximum atomic E-state index is 9.82. The van der Waals surface area contributed by atoms with Gasteiger partial charge in [0.05, 0.1) is 7.11 Å². The SMILES string of the molecule is COc1cccc([C@@H](CN)C2(CO)CCCC2)c1. The molecule has 0 bridgehead atoms. The normalized spacial score (nSPS) is 19.7. The van der Waals surface area contributed by atoms with Crippen LogP contribution in [0.25, 0.3) is 0 Å². The topological polar surface area (TPSA) is 55.5 Å². The molecule has 0 amide bonds. The van der Waals surface area contributed by atoms with Gasteiger partial charge in [-0.2, -0.15) is 0 Å². The molecule has 1 atom stereocenters. The van der Waals surface area contributed by atoms with Crippen LogP contribution in [0.3, 0.4) is 0 Å². The Bertz CT molecular complexity index is 386. The Kier molecular flexibility index (Phi) is 4.25. The minimum atomic E-state index is -0.0267. The smallest absolute Gasteiger partial charge is 0.119 e. The molecule has 0 radical (unpaired) electrons. The molecule has 18 heavy (non-hydrogen) atoms. The summed E-state index contributed by atoms with van der Waals surface area (Å²) in [6.45, 7) is 0.805. The third-order valence-corrected chi connectivity index (χ3v) is 4.39. The zero-order valence-corrected chi connectivity index (χ0v) is 11.1. The molecule has 1 aromatic carbocycles. The van der Waals surface area contributed by atoms with Gasteiger partial charge in [-0.3, -0.25) is 0 Å². The molecule has 0 aromatic heterocycles. The lowest BCUT2D eigenvalue weighted by Crippen LogP contribution is -2.34. The Morgan fingerprint density at radius 2 is 2.11 bits per heavy atom. The fraction of sp³-hybridized carbons (Fsp3) is 0.600. The summed E-state index contributed by atoms with van der Waals surface area (Å²) >= 11 is 0. The van der Waals surface area contributed by atoms with E-state index in [-0.39, 0.29) is 17.9 Å². The van der Waals surface area contributed by atoms with Crippen LogP contribution >= 0.6 is 0 Å². The van der Waals surface area contributed by atoms with Gasteiger partial charge in [0.15, 0.2) is 0 Å². The summed E-state index contributed by atoms with van der Waals surface area (Å²) in [7, 11) is 1.67. The molecule has 3 heteroatoms. The molecule has 0 saturated heterocycles. The van der Waals surface area contributed by atoms with Gasteiger partial charge in [-0.25, -0.2) is 0 Å². The summed E-state index contributed by atoms with van der Waals surface area (Å²) < 4.78 is 5.28. The fourth-order valence-corrected chi connectivity index (χ4v) is 3.29. The number of benzene rings is 1. The monoisotopic (exact) mass is 249 g/mol. The first kappa shape index (κ1) is 13.4. The highest BCUT2D eigenvalue weighted by molar-refractivity contribution is 5.32. The molecule has 3 nitrogen and oxygen atoms in total. The van der Waals surface area contributed by atoms with Crippen LogP contribution in [0.2, 0.25) is 0 Å². The zero-order chi connectivity index (χ0) is 13.0. The molecule has 0 unspecified atom stereocenters. The highest BCUT2D eigenvalue weighted by Crippen LogP contribution is 2.48. The maximum Gasteiger partial charge on any atom is 0.119 e. The van der Waals surface area contributed by atoms with Gasteiger partial charge in [-0.1, -0.05) is 25.0 Å². The van der Waals surface area contributed by atoms with E-state index in [2.05, 4.69) is 6.07 Å². The zero-order valence-electron chi connectivity index (χ0n) is 11.1. The van der Waals surface area contributed by atoms with Gasteiger partial charge in [0.25, 0.3) is 0 Å². The van der Waals surface area contributed by atoms with Crippen molar-refractivity contribution in [2.45, 2.75) is 31.6 Å². The first-order valence-electron chi connectivity index (χ1n) is 6.70. The van der Waals surface area contributed by atoms with Gasteiger partial charge in [-0.05, 0) is 37.1 Å². The molecule has 1 aromatic rings. The Balaban J connectivity index is 2.31. The van der Waals surface area contributed by atoms with Crippen LogP contribution in [0.5, 0.6) is 5.75 Å². The summed E-state index contributed by atoms with van der Waals surface area (Å²) in [5.41, 5.74) is 7.15. The molecule has 1 aliphatic rings. The van der Waals surface area contributed by atoms with Crippen molar-refractivity contribution in [2.75, 3.05) is 20.3 Å². The number of nitrogens with two attached hydrogens (primary N) is 1. The third-order valence-electron chi connectivity index (χ3n) is 4.39. The second-order valence-electron chi connectivity index (χ2n) is 5.29. The Hall–Kier alpha value is -1.06. The molecule has 1 aliphatic carbocycles. The minimum absolute atomic E-state index is 0.0267. The van der Waals surface area contributed by atoms with Crippen molar-refractivity contribution >= 4 is 0 Å². The van der Waals surface area contributed by atoms with Crippen molar-refractivity contribution in [3.8, 4) is 5.75 Å². The van der Waals surface area contributed by atoms with Crippen molar-refractivity contribution in [3.05, 3.63) is 29.8 Å². The van der Waals surface area contributed by atoms with E-state index in [9.17, 15) is 5.11 Å². The first-order valence-corrected chi connectivity index (χ1v) is 6.70. The molecule has 0 aliphatic heterocycles. The van der Waals surface area contributed by atoms with Crippen molar-refractivity contribution in [1.29, 1.82) is 0 Å². The van der Waals surface area contributed by atoms with E-state index in [0.29, 0.717) is 6.54 Å². The van der Waals surface area contributed by atoms with Gasteiger partial charge in [-0.15, -0.1) is 0 Å². The lowest BCUT2D eigenvalue weighted by Gasteiger charge is -2.35. The summed E-state index contributed by atoms with van der Waals surface area (Å²) in [6, 6.07) is 8.08. The van der Waals surface area contributed by atoms with Crippen LogP contribution in [0.1, 0.15) is 37.2 Å². The highest BCUT2D eigenvalue weighted by Gasteiger charge is 2.40. The van der Waals surface area contributed by atoms with E-state index in [1.807, 2.05) is 18.2 Å². The van der Waals surface area contributed by atoms with E-state index in [4.69, 9.17) is 10.5 Å². The molecule has 3 N–H and O–H groups in total. The van der Waals surface area contributed by atoms with Crippen LogP contribution in [0, 0.1) is 5.41 Å². The summed E-state index contributed by atoms with van der Waals surface area (Å²) in [6.07, 6.45) is 4.53. The number of ether oxygens (including phenoxy) is 1. The first-order chi connectivity index (χ1) is 8.75. The number of aliphatic hydroxyl groups is 1. The van der Waals surface area contributed by atoms with Gasteiger partial charge >= 0.3 is 0 Å². The van der Waals surface area contributed by atoms with Gasteiger partial charge in [0, 0.05) is 17.9 Å². The fourth-order valence-electron chi connectivity index (χ4n) is 3.29. The molecule has 0 spiro atoms. The largest absolute Gasteiger partial charge is 0.497 e. The van der Waals surface area contributed by atoms with E-state index in [0.717, 1.165) is 18.6 Å². The second-order valence-corrected chi connectivity index (χ2v) is 5.29. The molecule has 100 valence electrons. The highest BCUT2D eigenvalue weighted by atomic mass is 16.5. The minimum Gasteiger partial charge on any atom is -0.497 e.